The van der Waals surface area contributed by atoms with Crippen molar-refractivity contribution in [1.82, 2.24) is 5.01 Å². The van der Waals surface area contributed by atoms with E-state index < -0.39 is 5.03 Å². The van der Waals surface area contributed by atoms with E-state index in [1.807, 2.05) is 0 Å². The van der Waals surface area contributed by atoms with Crippen LogP contribution >= 0.6 is 0 Å². The number of rotatable bonds is 1. The van der Waals surface area contributed by atoms with Gasteiger partial charge in [-0.25, -0.2) is 10.1 Å². The molecule has 0 aliphatic carbocycles. The minimum atomic E-state index is -0.579. The number of carbonyl (C=O) groups excluding carboxylic acids is 1. The summed E-state index contributed by atoms with van der Waals surface area (Å²) in [6, 6.07) is 0. The molecular formula is C9H16N2O3. The van der Waals surface area contributed by atoms with Crippen LogP contribution in [0.2, 0.25) is 0 Å². The lowest BCUT2D eigenvalue weighted by molar-refractivity contribution is -0.634. The van der Waals surface area contributed by atoms with Crippen molar-refractivity contribution >= 4 is 5.91 Å². The highest BCUT2D eigenvalue weighted by Gasteiger charge is 2.23. The zero-order chi connectivity index (χ0) is 10.4. The fourth-order valence-corrected chi connectivity index (χ4v) is 1.67. The largest absolute Gasteiger partial charge is 0.283 e. The van der Waals surface area contributed by atoms with Crippen LogP contribution in [-0.2, 0) is 4.79 Å². The lowest BCUT2D eigenvalue weighted by atomic mass is 10.1. The Kier molecular flexibility index (Phi) is 4.35. The van der Waals surface area contributed by atoms with Crippen molar-refractivity contribution in [2.24, 2.45) is 0 Å². The summed E-state index contributed by atoms with van der Waals surface area (Å²) < 4.78 is 0. The molecule has 0 aromatic rings. The molecule has 5 nitrogen and oxygen atoms in total. The SMILES string of the molecule is O=C1CCCCCCCCN1[N+](=O)[O-]. The molecule has 5 heteroatoms. The number of amides is 1. The van der Waals surface area contributed by atoms with Crippen molar-refractivity contribution < 1.29 is 9.83 Å². The molecule has 0 unspecified atom stereocenters. The van der Waals surface area contributed by atoms with Crippen molar-refractivity contribution in [3.8, 4) is 0 Å². The molecule has 80 valence electrons. The maximum Gasteiger partial charge on any atom is 0.283 e. The van der Waals surface area contributed by atoms with E-state index in [4.69, 9.17) is 0 Å². The van der Waals surface area contributed by atoms with Gasteiger partial charge in [0.2, 0.25) is 0 Å². The highest BCUT2D eigenvalue weighted by atomic mass is 16.7. The van der Waals surface area contributed by atoms with Crippen LogP contribution in [0, 0.1) is 10.1 Å². The lowest BCUT2D eigenvalue weighted by Gasteiger charge is -2.13. The summed E-state index contributed by atoms with van der Waals surface area (Å²) in [7, 11) is 0. The van der Waals surface area contributed by atoms with Crippen LogP contribution in [0.1, 0.15) is 44.9 Å². The monoisotopic (exact) mass is 200 g/mol. The van der Waals surface area contributed by atoms with Gasteiger partial charge in [0.05, 0.1) is 6.54 Å². The maximum absolute atomic E-state index is 11.4. The van der Waals surface area contributed by atoms with Gasteiger partial charge in [-0.05, 0) is 12.8 Å². The van der Waals surface area contributed by atoms with E-state index in [1.54, 1.807) is 0 Å². The van der Waals surface area contributed by atoms with Gasteiger partial charge in [-0.2, -0.15) is 0 Å². The van der Waals surface area contributed by atoms with Gasteiger partial charge >= 0.3 is 0 Å². The van der Waals surface area contributed by atoms with E-state index >= 15 is 0 Å². The second-order valence-corrected chi connectivity index (χ2v) is 3.63. The van der Waals surface area contributed by atoms with Crippen LogP contribution in [-0.4, -0.2) is 22.5 Å². The molecule has 1 fully saturated rings. The normalized spacial score (nSPS) is 20.6. The molecule has 0 saturated carbocycles. The molecule has 0 aromatic heterocycles. The number of hydrogen-bond donors (Lipinski definition) is 0. The third-order valence-electron chi connectivity index (χ3n) is 2.50. The number of nitrogens with zero attached hydrogens (tertiary/aromatic N) is 2. The quantitative estimate of drug-likeness (QED) is 0.478. The van der Waals surface area contributed by atoms with E-state index in [9.17, 15) is 14.9 Å². The van der Waals surface area contributed by atoms with Crippen LogP contribution in [0.15, 0.2) is 0 Å². The Morgan fingerprint density at radius 1 is 1.07 bits per heavy atom. The Balaban J connectivity index is 2.51. The molecule has 1 aliphatic rings. The number of nitro groups is 1. The van der Waals surface area contributed by atoms with Crippen LogP contribution < -0.4 is 0 Å². The first-order valence-corrected chi connectivity index (χ1v) is 5.16. The van der Waals surface area contributed by atoms with E-state index in [0.29, 0.717) is 6.42 Å². The molecule has 0 N–H and O–H groups in total. The predicted octanol–water partition coefficient (Wildman–Crippen LogP) is 1.75. The number of carbonyl (C=O) groups is 1. The van der Waals surface area contributed by atoms with E-state index in [-0.39, 0.29) is 12.5 Å². The fourth-order valence-electron chi connectivity index (χ4n) is 1.67. The number of hydrogen-bond acceptors (Lipinski definition) is 3. The smallest absolute Gasteiger partial charge is 0.269 e. The molecule has 14 heavy (non-hydrogen) atoms. The molecule has 0 spiro atoms. The van der Waals surface area contributed by atoms with Crippen LogP contribution in [0.5, 0.6) is 0 Å². The zero-order valence-electron chi connectivity index (χ0n) is 8.28. The molecule has 0 aromatic carbocycles. The van der Waals surface area contributed by atoms with Gasteiger partial charge in [0.15, 0.2) is 5.03 Å². The summed E-state index contributed by atoms with van der Waals surface area (Å²) in [6.07, 6.45) is 6.11. The molecule has 0 bridgehead atoms. The molecule has 1 rings (SSSR count). The van der Waals surface area contributed by atoms with Crippen molar-refractivity contribution in [3.63, 3.8) is 0 Å². The highest BCUT2D eigenvalue weighted by molar-refractivity contribution is 5.74. The van der Waals surface area contributed by atoms with Crippen LogP contribution in [0.25, 0.3) is 0 Å². The Morgan fingerprint density at radius 3 is 2.29 bits per heavy atom. The molecular weight excluding hydrogens is 184 g/mol. The molecule has 0 atom stereocenters. The first kappa shape index (κ1) is 10.9. The van der Waals surface area contributed by atoms with Gasteiger partial charge in [0.25, 0.3) is 5.91 Å². The molecule has 1 saturated heterocycles. The predicted molar refractivity (Wildman–Crippen MR) is 51.0 cm³/mol. The Morgan fingerprint density at radius 2 is 1.64 bits per heavy atom. The van der Waals surface area contributed by atoms with E-state index in [1.165, 1.54) is 0 Å². The summed E-state index contributed by atoms with van der Waals surface area (Å²) >= 11 is 0. The average molecular weight is 200 g/mol. The van der Waals surface area contributed by atoms with Gasteiger partial charge in [0, 0.05) is 6.42 Å². The minimum Gasteiger partial charge on any atom is -0.269 e. The Hall–Kier alpha value is -1.13. The summed E-state index contributed by atoms with van der Waals surface area (Å²) in [6.45, 7) is 0.270. The van der Waals surface area contributed by atoms with Gasteiger partial charge < -0.3 is 0 Å². The minimum absolute atomic E-state index is 0.270. The standard InChI is InChI=1S/C9H16N2O3/c12-9-7-5-3-1-2-4-6-8-10(9)11(13)14/h1-8H2. The second-order valence-electron chi connectivity index (χ2n) is 3.63. The lowest BCUT2D eigenvalue weighted by Crippen LogP contribution is -2.37. The summed E-state index contributed by atoms with van der Waals surface area (Å²) in [5.74, 6) is -0.336. The summed E-state index contributed by atoms with van der Waals surface area (Å²) in [4.78, 5) is 21.9. The molecule has 1 aliphatic heterocycles. The third kappa shape index (κ3) is 3.32. The highest BCUT2D eigenvalue weighted by Crippen LogP contribution is 2.12. The van der Waals surface area contributed by atoms with E-state index in [2.05, 4.69) is 0 Å². The van der Waals surface area contributed by atoms with Crippen molar-refractivity contribution in [2.75, 3.05) is 6.54 Å². The van der Waals surface area contributed by atoms with Crippen LogP contribution in [0.4, 0.5) is 0 Å². The molecule has 1 heterocycles. The van der Waals surface area contributed by atoms with Gasteiger partial charge in [-0.15, -0.1) is 0 Å². The average Bonchev–Trinajstić information content (AvgIpc) is 2.15. The van der Waals surface area contributed by atoms with Crippen molar-refractivity contribution in [2.45, 2.75) is 44.9 Å². The van der Waals surface area contributed by atoms with Gasteiger partial charge in [-0.3, -0.25) is 4.79 Å². The first-order valence-electron chi connectivity index (χ1n) is 5.16. The zero-order valence-corrected chi connectivity index (χ0v) is 8.28. The summed E-state index contributed by atoms with van der Waals surface area (Å²) in [5.41, 5.74) is 0. The molecule has 0 radical (unpaired) electrons. The first-order chi connectivity index (χ1) is 6.72. The van der Waals surface area contributed by atoms with Crippen molar-refractivity contribution in [1.29, 1.82) is 0 Å². The number of hydrazine groups is 1. The summed E-state index contributed by atoms with van der Waals surface area (Å²) in [5, 5.41) is 10.7. The van der Waals surface area contributed by atoms with E-state index in [0.717, 1.165) is 43.5 Å². The van der Waals surface area contributed by atoms with Crippen LogP contribution in [0.3, 0.4) is 0 Å². The Bertz CT molecular complexity index is 218. The third-order valence-corrected chi connectivity index (χ3v) is 2.50. The van der Waals surface area contributed by atoms with Crippen molar-refractivity contribution in [3.05, 3.63) is 10.1 Å². The van der Waals surface area contributed by atoms with Gasteiger partial charge in [0.1, 0.15) is 0 Å². The topological polar surface area (TPSA) is 63.5 Å². The molecule has 1 amide bonds. The van der Waals surface area contributed by atoms with Gasteiger partial charge in [-0.1, -0.05) is 30.7 Å². The Labute approximate surface area is 83.2 Å². The maximum atomic E-state index is 11.4. The fraction of sp³-hybridized carbons (Fsp3) is 0.889. The second kappa shape index (κ2) is 5.57.